The van der Waals surface area contributed by atoms with E-state index in [1.165, 1.54) is 53.9 Å². The van der Waals surface area contributed by atoms with Crippen LogP contribution in [0.5, 0.6) is 5.75 Å². The number of sulfonamides is 2. The number of nitrogens with zero attached hydrogens (tertiary/aromatic N) is 2. The SMILES string of the molecule is COc1ccc(S(=O)(=O)N(CC(=O)Nc2ccc(S(=O)(=O)N3CCCC3)cc2)c2ccc(C)cc2)cc1Br. The van der Waals surface area contributed by atoms with E-state index in [9.17, 15) is 21.6 Å². The summed E-state index contributed by atoms with van der Waals surface area (Å²) in [6, 6.07) is 17.0. The maximum absolute atomic E-state index is 13.7. The molecule has 38 heavy (non-hydrogen) atoms. The number of methoxy groups -OCH3 is 1. The number of benzene rings is 3. The molecule has 1 aliphatic heterocycles. The molecule has 0 unspecified atom stereocenters. The van der Waals surface area contributed by atoms with Gasteiger partial charge in [-0.3, -0.25) is 9.10 Å². The third-order valence-corrected chi connectivity index (χ3v) is 10.5. The van der Waals surface area contributed by atoms with Gasteiger partial charge < -0.3 is 10.1 Å². The number of nitrogens with one attached hydrogen (secondary N) is 1. The van der Waals surface area contributed by atoms with E-state index in [-0.39, 0.29) is 9.79 Å². The minimum atomic E-state index is -4.14. The third kappa shape index (κ3) is 6.04. The lowest BCUT2D eigenvalue weighted by molar-refractivity contribution is -0.114. The summed E-state index contributed by atoms with van der Waals surface area (Å²) in [5.74, 6) is -0.115. The molecule has 12 heteroatoms. The largest absolute Gasteiger partial charge is 0.496 e. The van der Waals surface area contributed by atoms with Gasteiger partial charge in [0.05, 0.1) is 27.1 Å². The Morgan fingerprint density at radius 2 is 1.55 bits per heavy atom. The van der Waals surface area contributed by atoms with E-state index in [2.05, 4.69) is 21.2 Å². The Hall–Kier alpha value is -2.93. The Morgan fingerprint density at radius 1 is 0.947 bits per heavy atom. The fourth-order valence-corrected chi connectivity index (χ4v) is 7.74. The summed E-state index contributed by atoms with van der Waals surface area (Å²) in [4.78, 5) is 13.2. The molecule has 0 saturated carbocycles. The normalized spacial score (nSPS) is 14.3. The van der Waals surface area contributed by atoms with Crippen molar-refractivity contribution in [2.75, 3.05) is 36.4 Å². The van der Waals surface area contributed by atoms with Gasteiger partial charge in [0.1, 0.15) is 12.3 Å². The molecule has 1 saturated heterocycles. The minimum Gasteiger partial charge on any atom is -0.496 e. The molecule has 0 aromatic heterocycles. The van der Waals surface area contributed by atoms with Crippen molar-refractivity contribution in [2.45, 2.75) is 29.6 Å². The molecule has 1 amide bonds. The lowest BCUT2D eigenvalue weighted by Crippen LogP contribution is -2.38. The molecule has 0 aliphatic carbocycles. The maximum atomic E-state index is 13.7. The van der Waals surface area contributed by atoms with Crippen LogP contribution in [0.15, 0.2) is 81.0 Å². The van der Waals surface area contributed by atoms with Crippen LogP contribution < -0.4 is 14.4 Å². The van der Waals surface area contributed by atoms with Crippen molar-refractivity contribution >= 4 is 53.3 Å². The zero-order valence-corrected chi connectivity index (χ0v) is 24.1. The molecule has 202 valence electrons. The lowest BCUT2D eigenvalue weighted by atomic mass is 10.2. The van der Waals surface area contributed by atoms with Gasteiger partial charge >= 0.3 is 0 Å². The summed E-state index contributed by atoms with van der Waals surface area (Å²) in [5, 5.41) is 2.67. The van der Waals surface area contributed by atoms with Gasteiger partial charge in [0.25, 0.3) is 10.0 Å². The van der Waals surface area contributed by atoms with Crippen LogP contribution >= 0.6 is 15.9 Å². The monoisotopic (exact) mass is 621 g/mol. The Morgan fingerprint density at radius 3 is 2.13 bits per heavy atom. The predicted molar refractivity (Wildman–Crippen MR) is 149 cm³/mol. The number of hydrogen-bond acceptors (Lipinski definition) is 6. The summed E-state index contributed by atoms with van der Waals surface area (Å²) in [7, 11) is -6.24. The first-order valence-corrected chi connectivity index (χ1v) is 15.5. The molecule has 1 heterocycles. The molecule has 1 N–H and O–H groups in total. The molecule has 9 nitrogen and oxygen atoms in total. The fraction of sp³-hybridized carbons (Fsp3) is 0.269. The highest BCUT2D eigenvalue weighted by molar-refractivity contribution is 9.10. The summed E-state index contributed by atoms with van der Waals surface area (Å²) in [6.07, 6.45) is 1.67. The number of ether oxygens (including phenoxy) is 1. The Balaban J connectivity index is 1.57. The van der Waals surface area contributed by atoms with Crippen LogP contribution in [0.3, 0.4) is 0 Å². The average molecular weight is 623 g/mol. The third-order valence-electron chi connectivity index (χ3n) is 6.16. The second-order valence-electron chi connectivity index (χ2n) is 8.83. The zero-order chi connectivity index (χ0) is 27.5. The lowest BCUT2D eigenvalue weighted by Gasteiger charge is -2.24. The quantitative estimate of drug-likeness (QED) is 0.379. The molecular formula is C26H28BrN3O6S2. The number of aryl methyl sites for hydroxylation is 1. The van der Waals surface area contributed by atoms with Gasteiger partial charge in [0.2, 0.25) is 15.9 Å². The number of amides is 1. The van der Waals surface area contributed by atoms with Gasteiger partial charge in [0, 0.05) is 18.8 Å². The van der Waals surface area contributed by atoms with Gasteiger partial charge in [-0.05, 0) is 90.3 Å². The van der Waals surface area contributed by atoms with Crippen LogP contribution in [-0.4, -0.2) is 53.8 Å². The Kier molecular flexibility index (Phi) is 8.46. The molecule has 3 aromatic carbocycles. The van der Waals surface area contributed by atoms with E-state index in [0.29, 0.717) is 34.7 Å². The fourth-order valence-electron chi connectivity index (χ4n) is 4.08. The van der Waals surface area contributed by atoms with Gasteiger partial charge in [-0.1, -0.05) is 17.7 Å². The molecule has 3 aromatic rings. The molecular weight excluding hydrogens is 594 g/mol. The number of halogens is 1. The molecule has 4 rings (SSSR count). The number of carbonyl (C=O) groups is 1. The van der Waals surface area contributed by atoms with Gasteiger partial charge in [-0.2, -0.15) is 4.31 Å². The Bertz CT molecular complexity index is 1520. The van der Waals surface area contributed by atoms with Crippen LogP contribution in [-0.2, 0) is 24.8 Å². The zero-order valence-electron chi connectivity index (χ0n) is 20.9. The number of anilines is 2. The predicted octanol–water partition coefficient (Wildman–Crippen LogP) is 4.38. The van der Waals surface area contributed by atoms with Gasteiger partial charge in [0.15, 0.2) is 0 Å². The standard InChI is InChI=1S/C26H28BrN3O6S2/c1-19-5-9-21(10-6-19)30(38(34,35)23-13-14-25(36-2)24(27)17-23)18-26(31)28-20-7-11-22(12-8-20)37(32,33)29-15-3-4-16-29/h5-14,17H,3-4,15-16,18H2,1-2H3,(H,28,31). The van der Waals surface area contributed by atoms with Crippen LogP contribution in [0.1, 0.15) is 18.4 Å². The molecule has 1 aliphatic rings. The van der Waals surface area contributed by atoms with E-state index in [0.717, 1.165) is 22.7 Å². The van der Waals surface area contributed by atoms with E-state index >= 15 is 0 Å². The average Bonchev–Trinajstić information content (AvgIpc) is 3.44. The Labute approximate surface area is 231 Å². The van der Waals surface area contributed by atoms with Crippen molar-refractivity contribution in [2.24, 2.45) is 0 Å². The van der Waals surface area contributed by atoms with E-state index in [1.807, 2.05) is 6.92 Å². The first-order chi connectivity index (χ1) is 18.0. The van der Waals surface area contributed by atoms with Crippen LogP contribution in [0.2, 0.25) is 0 Å². The van der Waals surface area contributed by atoms with Crippen molar-refractivity contribution in [1.29, 1.82) is 0 Å². The molecule has 0 atom stereocenters. The first-order valence-electron chi connectivity index (χ1n) is 11.9. The van der Waals surface area contributed by atoms with E-state index in [1.54, 1.807) is 24.3 Å². The summed E-state index contributed by atoms with van der Waals surface area (Å²) >= 11 is 3.32. The molecule has 0 bridgehead atoms. The van der Waals surface area contributed by atoms with Crippen molar-refractivity contribution in [3.05, 3.63) is 76.8 Å². The number of rotatable bonds is 9. The van der Waals surface area contributed by atoms with Crippen LogP contribution in [0.25, 0.3) is 0 Å². The summed E-state index contributed by atoms with van der Waals surface area (Å²) in [6.45, 7) is 2.37. The number of hydrogen-bond donors (Lipinski definition) is 1. The highest BCUT2D eigenvalue weighted by atomic mass is 79.9. The van der Waals surface area contributed by atoms with E-state index in [4.69, 9.17) is 4.74 Å². The van der Waals surface area contributed by atoms with Crippen molar-refractivity contribution in [3.63, 3.8) is 0 Å². The number of carbonyl (C=O) groups excluding carboxylic acids is 1. The van der Waals surface area contributed by atoms with Gasteiger partial charge in [-0.15, -0.1) is 0 Å². The van der Waals surface area contributed by atoms with Crippen LogP contribution in [0, 0.1) is 6.92 Å². The topological polar surface area (TPSA) is 113 Å². The van der Waals surface area contributed by atoms with Crippen molar-refractivity contribution in [3.8, 4) is 5.75 Å². The van der Waals surface area contributed by atoms with Crippen LogP contribution in [0.4, 0.5) is 11.4 Å². The summed E-state index contributed by atoms with van der Waals surface area (Å²) < 4.78 is 61.0. The smallest absolute Gasteiger partial charge is 0.264 e. The summed E-state index contributed by atoms with van der Waals surface area (Å²) in [5.41, 5.74) is 1.61. The molecule has 0 radical (unpaired) electrons. The minimum absolute atomic E-state index is 0.0185. The van der Waals surface area contributed by atoms with Crippen molar-refractivity contribution < 1.29 is 26.4 Å². The van der Waals surface area contributed by atoms with Crippen molar-refractivity contribution in [1.82, 2.24) is 4.31 Å². The second kappa shape index (κ2) is 11.4. The van der Waals surface area contributed by atoms with Gasteiger partial charge in [-0.25, -0.2) is 16.8 Å². The highest BCUT2D eigenvalue weighted by Gasteiger charge is 2.29. The molecule has 0 spiro atoms. The van der Waals surface area contributed by atoms with E-state index < -0.39 is 32.5 Å². The second-order valence-corrected chi connectivity index (χ2v) is 13.5. The maximum Gasteiger partial charge on any atom is 0.264 e. The first kappa shape index (κ1) is 28.1. The molecule has 1 fully saturated rings. The highest BCUT2D eigenvalue weighted by Crippen LogP contribution is 2.31.